The second kappa shape index (κ2) is 6.31. The van der Waals surface area contributed by atoms with Crippen LogP contribution < -0.4 is 4.74 Å². The first-order valence-electron chi connectivity index (χ1n) is 6.49. The van der Waals surface area contributed by atoms with Crippen molar-refractivity contribution in [2.24, 2.45) is 0 Å². The minimum Gasteiger partial charge on any atom is -0.494 e. The summed E-state index contributed by atoms with van der Waals surface area (Å²) in [4.78, 5) is 10.5. The lowest BCUT2D eigenvalue weighted by molar-refractivity contribution is -0.384. The van der Waals surface area contributed by atoms with Crippen LogP contribution >= 0.6 is 0 Å². The van der Waals surface area contributed by atoms with E-state index in [9.17, 15) is 15.2 Å². The van der Waals surface area contributed by atoms with E-state index in [-0.39, 0.29) is 12.3 Å². The van der Waals surface area contributed by atoms with Gasteiger partial charge in [-0.15, -0.1) is 5.10 Å². The highest BCUT2D eigenvalue weighted by molar-refractivity contribution is 5.54. The molecule has 0 radical (unpaired) electrons. The van der Waals surface area contributed by atoms with E-state index >= 15 is 0 Å². The molecule has 1 N–H and O–H groups in total. The molecule has 1 heterocycles. The minimum atomic E-state index is -0.480. The first-order valence-corrected chi connectivity index (χ1v) is 6.49. The predicted octanol–water partition coefficient (Wildman–Crippen LogP) is 1.63. The van der Waals surface area contributed by atoms with Crippen molar-refractivity contribution in [1.82, 2.24) is 15.0 Å². The van der Waals surface area contributed by atoms with Crippen molar-refractivity contribution in [3.8, 4) is 11.4 Å². The third-order valence-corrected chi connectivity index (χ3v) is 3.08. The van der Waals surface area contributed by atoms with E-state index in [1.807, 2.05) is 6.92 Å². The largest absolute Gasteiger partial charge is 0.494 e. The molecule has 0 spiro atoms. The van der Waals surface area contributed by atoms with Gasteiger partial charge < -0.3 is 9.84 Å². The summed E-state index contributed by atoms with van der Waals surface area (Å²) >= 11 is 0. The lowest BCUT2D eigenvalue weighted by Crippen LogP contribution is -2.06. The zero-order chi connectivity index (χ0) is 15.4. The number of benzene rings is 1. The number of ether oxygens (including phenoxy) is 1. The number of methoxy groups -OCH3 is 1. The molecule has 0 atom stereocenters. The van der Waals surface area contributed by atoms with Crippen molar-refractivity contribution in [3.05, 3.63) is 39.7 Å². The number of nitrogens with zero attached hydrogens (tertiary/aromatic N) is 4. The highest BCUT2D eigenvalue weighted by Gasteiger charge is 2.19. The van der Waals surface area contributed by atoms with Crippen LogP contribution in [0.4, 0.5) is 5.69 Å². The molecule has 0 saturated heterocycles. The van der Waals surface area contributed by atoms with E-state index in [0.717, 1.165) is 12.1 Å². The van der Waals surface area contributed by atoms with Crippen LogP contribution in [0, 0.1) is 10.1 Å². The fourth-order valence-electron chi connectivity index (χ4n) is 2.09. The van der Waals surface area contributed by atoms with E-state index in [0.29, 0.717) is 23.6 Å². The molecule has 8 heteroatoms. The molecular weight excluding hydrogens is 276 g/mol. The highest BCUT2D eigenvalue weighted by Crippen LogP contribution is 2.28. The van der Waals surface area contributed by atoms with Crippen molar-refractivity contribution in [2.45, 2.75) is 26.4 Å². The van der Waals surface area contributed by atoms with Crippen molar-refractivity contribution >= 4 is 5.69 Å². The maximum Gasteiger partial charge on any atom is 0.271 e. The Morgan fingerprint density at radius 2 is 2.24 bits per heavy atom. The molecule has 0 saturated carbocycles. The molecule has 2 aromatic rings. The Balaban J connectivity index is 2.61. The molecule has 8 nitrogen and oxygen atoms in total. The van der Waals surface area contributed by atoms with Crippen LogP contribution in [0.1, 0.15) is 24.7 Å². The third kappa shape index (κ3) is 2.84. The van der Waals surface area contributed by atoms with Crippen LogP contribution in [0.3, 0.4) is 0 Å². The summed E-state index contributed by atoms with van der Waals surface area (Å²) < 4.78 is 6.72. The smallest absolute Gasteiger partial charge is 0.271 e. The molecule has 0 amide bonds. The van der Waals surface area contributed by atoms with Crippen molar-refractivity contribution < 1.29 is 14.8 Å². The molecule has 0 unspecified atom stereocenters. The van der Waals surface area contributed by atoms with Crippen LogP contribution in [-0.4, -0.2) is 32.1 Å². The highest BCUT2D eigenvalue weighted by atomic mass is 16.6. The Bertz CT molecular complexity index is 654. The monoisotopic (exact) mass is 292 g/mol. The van der Waals surface area contributed by atoms with Gasteiger partial charge in [-0.2, -0.15) is 0 Å². The maximum atomic E-state index is 10.9. The van der Waals surface area contributed by atoms with Gasteiger partial charge in [0.1, 0.15) is 17.1 Å². The molecule has 0 aliphatic heterocycles. The van der Waals surface area contributed by atoms with Gasteiger partial charge >= 0.3 is 0 Å². The standard InChI is InChI=1S/C13H16N4O4/c1-3-4-11-10(8-18)14-15-16(11)12-7-9(17(19)20)5-6-13(12)21-2/h5-7,18H,3-4,8H2,1-2H3. The normalized spacial score (nSPS) is 10.6. The molecular formula is C13H16N4O4. The average molecular weight is 292 g/mol. The molecule has 0 aliphatic rings. The number of aliphatic hydroxyl groups is 1. The maximum absolute atomic E-state index is 10.9. The number of hydrogen-bond acceptors (Lipinski definition) is 6. The number of aliphatic hydroxyl groups excluding tert-OH is 1. The quantitative estimate of drug-likeness (QED) is 0.641. The summed E-state index contributed by atoms with van der Waals surface area (Å²) in [6.07, 6.45) is 1.48. The molecule has 0 aliphatic carbocycles. The number of hydrogen-bond donors (Lipinski definition) is 1. The number of nitro benzene ring substituents is 1. The first kappa shape index (κ1) is 14.9. The van der Waals surface area contributed by atoms with Crippen LogP contribution in [-0.2, 0) is 13.0 Å². The Morgan fingerprint density at radius 1 is 1.48 bits per heavy atom. The second-order valence-corrected chi connectivity index (χ2v) is 4.42. The van der Waals surface area contributed by atoms with Gasteiger partial charge in [0.15, 0.2) is 0 Å². The fourth-order valence-corrected chi connectivity index (χ4v) is 2.09. The number of non-ortho nitro benzene ring substituents is 1. The van der Waals surface area contributed by atoms with Gasteiger partial charge in [0, 0.05) is 12.1 Å². The molecule has 2 rings (SSSR count). The third-order valence-electron chi connectivity index (χ3n) is 3.08. The van der Waals surface area contributed by atoms with Crippen LogP contribution in [0.15, 0.2) is 18.2 Å². The Hall–Kier alpha value is -2.48. The lowest BCUT2D eigenvalue weighted by Gasteiger charge is -2.10. The SMILES string of the molecule is CCCc1c(CO)nnn1-c1cc([N+](=O)[O-])ccc1OC. The summed E-state index contributed by atoms with van der Waals surface area (Å²) in [5.74, 6) is 0.451. The summed E-state index contributed by atoms with van der Waals surface area (Å²) in [5.41, 5.74) is 1.56. The average Bonchev–Trinajstić information content (AvgIpc) is 2.89. The lowest BCUT2D eigenvalue weighted by atomic mass is 10.2. The molecule has 1 aromatic carbocycles. The van der Waals surface area contributed by atoms with Gasteiger partial charge in [-0.25, -0.2) is 4.68 Å². The number of rotatable bonds is 6. The van der Waals surface area contributed by atoms with E-state index in [2.05, 4.69) is 10.3 Å². The molecule has 112 valence electrons. The molecule has 21 heavy (non-hydrogen) atoms. The number of nitro groups is 1. The molecule has 0 bridgehead atoms. The van der Waals surface area contributed by atoms with E-state index in [4.69, 9.17) is 4.74 Å². The Morgan fingerprint density at radius 3 is 2.81 bits per heavy atom. The van der Waals surface area contributed by atoms with Gasteiger partial charge in [0.2, 0.25) is 0 Å². The fraction of sp³-hybridized carbons (Fsp3) is 0.385. The van der Waals surface area contributed by atoms with Crippen LogP contribution in [0.2, 0.25) is 0 Å². The van der Waals surface area contributed by atoms with Gasteiger partial charge in [-0.1, -0.05) is 18.6 Å². The Labute approximate surface area is 121 Å². The van der Waals surface area contributed by atoms with E-state index in [1.54, 1.807) is 0 Å². The summed E-state index contributed by atoms with van der Waals surface area (Å²) in [6, 6.07) is 4.27. The van der Waals surface area contributed by atoms with Crippen LogP contribution in [0.25, 0.3) is 5.69 Å². The van der Waals surface area contributed by atoms with Gasteiger partial charge in [0.05, 0.1) is 24.3 Å². The predicted molar refractivity (Wildman–Crippen MR) is 74.5 cm³/mol. The summed E-state index contributed by atoms with van der Waals surface area (Å²) in [5, 5.41) is 28.2. The van der Waals surface area contributed by atoms with E-state index < -0.39 is 4.92 Å². The van der Waals surface area contributed by atoms with Crippen molar-refractivity contribution in [1.29, 1.82) is 0 Å². The topological polar surface area (TPSA) is 103 Å². The van der Waals surface area contributed by atoms with Gasteiger partial charge in [-0.05, 0) is 12.5 Å². The summed E-state index contributed by atoms with van der Waals surface area (Å²) in [7, 11) is 1.48. The van der Waals surface area contributed by atoms with Crippen molar-refractivity contribution in [3.63, 3.8) is 0 Å². The zero-order valence-corrected chi connectivity index (χ0v) is 11.8. The molecule has 0 fully saturated rings. The van der Waals surface area contributed by atoms with Crippen LogP contribution in [0.5, 0.6) is 5.75 Å². The first-order chi connectivity index (χ1) is 10.1. The van der Waals surface area contributed by atoms with Gasteiger partial charge in [0.25, 0.3) is 5.69 Å². The van der Waals surface area contributed by atoms with E-state index in [1.165, 1.54) is 30.0 Å². The molecule has 1 aromatic heterocycles. The Kier molecular flexibility index (Phi) is 4.49. The zero-order valence-electron chi connectivity index (χ0n) is 11.8. The van der Waals surface area contributed by atoms with Crippen molar-refractivity contribution in [2.75, 3.05) is 7.11 Å². The van der Waals surface area contributed by atoms with Gasteiger partial charge in [-0.3, -0.25) is 10.1 Å². The second-order valence-electron chi connectivity index (χ2n) is 4.42. The summed E-state index contributed by atoms with van der Waals surface area (Å²) in [6.45, 7) is 1.76. The minimum absolute atomic E-state index is 0.0608. The number of aromatic nitrogens is 3.